The van der Waals surface area contributed by atoms with Crippen LogP contribution in [0.2, 0.25) is 0 Å². The molecule has 20 nitrogen and oxygen atoms in total. The highest BCUT2D eigenvalue weighted by atomic mass is 32.2. The predicted octanol–water partition coefficient (Wildman–Crippen LogP) is 7.61. The number of aryl methyl sites for hydroxylation is 2. The van der Waals surface area contributed by atoms with Gasteiger partial charge in [0, 0.05) is 113 Å². The van der Waals surface area contributed by atoms with Crippen LogP contribution in [0.15, 0.2) is 95.2 Å². The van der Waals surface area contributed by atoms with Crippen molar-refractivity contribution in [3.05, 3.63) is 130 Å². The Morgan fingerprint density at radius 1 is 0.588 bits per heavy atom. The summed E-state index contributed by atoms with van der Waals surface area (Å²) in [4.78, 5) is 51.1. The quantitative estimate of drug-likeness (QED) is 0.0683. The normalized spacial score (nSPS) is 15.3. The first-order chi connectivity index (χ1) is 37.8. The van der Waals surface area contributed by atoms with Crippen molar-refractivity contribution in [3.63, 3.8) is 0 Å². The smallest absolute Gasteiger partial charge is 0.281 e. The molecule has 4 aromatic heterocycles. The summed E-state index contributed by atoms with van der Waals surface area (Å²) < 4.78 is 171. The second-order valence-corrected chi connectivity index (χ2v) is 22.0. The molecule has 0 spiro atoms. The van der Waals surface area contributed by atoms with E-state index in [1.807, 2.05) is 0 Å². The lowest BCUT2D eigenvalue weighted by atomic mass is 10.1. The van der Waals surface area contributed by atoms with Crippen molar-refractivity contribution in [2.45, 2.75) is 74.5 Å². The molecule has 6 aromatic rings. The largest absolute Gasteiger partial charge is 0.497 e. The van der Waals surface area contributed by atoms with Crippen LogP contribution in [0.1, 0.15) is 68.9 Å². The highest BCUT2D eigenvalue weighted by molar-refractivity contribution is 7.89. The van der Waals surface area contributed by atoms with Crippen LogP contribution in [0.4, 0.5) is 49.4 Å². The van der Waals surface area contributed by atoms with Gasteiger partial charge in [-0.15, -0.1) is 0 Å². The Morgan fingerprint density at radius 3 is 1.35 bits per heavy atom. The van der Waals surface area contributed by atoms with Gasteiger partial charge in [-0.1, -0.05) is 12.1 Å². The van der Waals surface area contributed by atoms with Gasteiger partial charge in [0.05, 0.1) is 62.3 Å². The number of primary sulfonamides is 1. The summed E-state index contributed by atoms with van der Waals surface area (Å²) in [6, 6.07) is 14.4. The van der Waals surface area contributed by atoms with E-state index in [1.54, 1.807) is 24.3 Å². The molecule has 0 atom stereocenters. The van der Waals surface area contributed by atoms with E-state index < -0.39 is 153 Å². The predicted molar refractivity (Wildman–Crippen MR) is 280 cm³/mol. The monoisotopic (exact) mass is 1160 g/mol. The third kappa shape index (κ3) is 12.5. The summed E-state index contributed by atoms with van der Waals surface area (Å²) in [6.45, 7) is 0.00632. The number of benzene rings is 2. The Kier molecular flexibility index (Phi) is 16.8. The number of nitrogens with two attached hydrogens (primary N) is 1. The molecule has 0 saturated carbocycles. The van der Waals surface area contributed by atoms with E-state index in [-0.39, 0.29) is 34.5 Å². The van der Waals surface area contributed by atoms with Crippen molar-refractivity contribution in [1.82, 2.24) is 24.2 Å². The fourth-order valence-corrected chi connectivity index (χ4v) is 10.8. The van der Waals surface area contributed by atoms with Gasteiger partial charge in [0.25, 0.3) is 43.7 Å². The first kappa shape index (κ1) is 58.3. The van der Waals surface area contributed by atoms with Gasteiger partial charge in [-0.05, 0) is 50.2 Å². The number of nitrogens with zero attached hydrogens (tertiary/aromatic N) is 9. The zero-order valence-electron chi connectivity index (χ0n) is 43.9. The van der Waals surface area contributed by atoms with Crippen molar-refractivity contribution in [2.24, 2.45) is 5.14 Å². The van der Waals surface area contributed by atoms with Crippen LogP contribution in [-0.4, -0.2) is 119 Å². The number of anilines is 4. The second kappa shape index (κ2) is 23.1. The molecule has 2 amide bonds. The van der Waals surface area contributed by atoms with Gasteiger partial charge in [-0.3, -0.25) is 9.59 Å². The molecule has 2 N–H and O–H groups in total. The number of aromatic nitrogens is 4. The van der Waals surface area contributed by atoms with E-state index in [9.17, 15) is 26.0 Å². The number of carbonyl (C=O) groups excluding carboxylic acids is 2. The number of hydrogen-bond donors (Lipinski definition) is 1. The van der Waals surface area contributed by atoms with Gasteiger partial charge in [-0.2, -0.15) is 4.31 Å². The molecule has 2 aromatic carbocycles. The van der Waals surface area contributed by atoms with Crippen LogP contribution < -0.4 is 43.9 Å². The molecule has 2 aliphatic heterocycles. The maximum atomic E-state index is 16.1. The Morgan fingerprint density at radius 2 is 0.975 bits per heavy atom. The molecule has 0 aliphatic carbocycles. The molecular formula is C52H54F6N10O10S2. The third-order valence-electron chi connectivity index (χ3n) is 13.4. The number of sulfonamides is 2. The van der Waals surface area contributed by atoms with E-state index in [4.69, 9.17) is 24.1 Å². The molecular weight excluding hydrogens is 1100 g/mol. The third-order valence-corrected chi connectivity index (χ3v) is 15.9. The highest BCUT2D eigenvalue weighted by Gasteiger charge is 2.42. The fraction of sp³-hybridized carbons (Fsp3) is 0.346. The second-order valence-electron chi connectivity index (χ2n) is 18.7. The van der Waals surface area contributed by atoms with E-state index in [0.717, 1.165) is 53.1 Å². The van der Waals surface area contributed by atoms with Gasteiger partial charge < -0.3 is 28.7 Å². The Bertz CT molecular complexity index is 3510. The van der Waals surface area contributed by atoms with Crippen LogP contribution in [0.3, 0.4) is 0 Å². The summed E-state index contributed by atoms with van der Waals surface area (Å²) >= 11 is 0. The summed E-state index contributed by atoms with van der Waals surface area (Å²) in [6.07, 6.45) is -1.04. The molecule has 6 heterocycles. The van der Waals surface area contributed by atoms with Crippen molar-refractivity contribution >= 4 is 54.9 Å². The minimum absolute atomic E-state index is 0.210. The average molecular weight is 1160 g/mol. The van der Waals surface area contributed by atoms with E-state index in [1.165, 1.54) is 64.2 Å². The van der Waals surface area contributed by atoms with Gasteiger partial charge in [-0.25, -0.2) is 78.3 Å². The topological polar surface area (TPSA) is 233 Å². The lowest BCUT2D eigenvalue weighted by molar-refractivity contribution is -0.0228. The maximum absolute atomic E-state index is 16.1. The molecule has 0 unspecified atom stereocenters. The van der Waals surface area contributed by atoms with Crippen LogP contribution in [-0.2, 0) is 33.1 Å². The Hall–Kier alpha value is -7.82. The van der Waals surface area contributed by atoms with Gasteiger partial charge in [0.15, 0.2) is 10.1 Å². The van der Waals surface area contributed by atoms with Crippen molar-refractivity contribution < 1.29 is 71.7 Å². The minimum Gasteiger partial charge on any atom is -0.497 e. The van der Waals surface area contributed by atoms with Gasteiger partial charge in [0.2, 0.25) is 0 Å². The molecule has 80 heavy (non-hydrogen) atoms. The summed E-state index contributed by atoms with van der Waals surface area (Å²) in [5.41, 5.74) is -2.45. The number of hydrazine groups is 1. The zero-order chi connectivity index (χ0) is 58.1. The maximum Gasteiger partial charge on any atom is 0.281 e. The first-order valence-electron chi connectivity index (χ1n) is 24.4. The molecule has 426 valence electrons. The standard InChI is InChI=1S/C52H54F6N10O10S2/c1-31-41(53)27-39(47(62-31)64-19-13-51(55,56)14-20-64)49(69)67(35-11-17-60-45(23-35)79(59,71)72)68(50(70)40-28-42(54)32(2)63-48(40)65-21-15-52(57,58)16-22-65)36-12-18-61-46(24-36)80(73,74)66(29-33-7-9-37(75-3)25-43(33)77-5)30-34-8-10-38(76-4)26-44(34)78-6/h7-12,17-18,23-28H,13-16,19-22,29-30H2,1-6H3,(H2,59,71,72). The number of halogens is 6. The number of rotatable bonds is 17. The number of alkyl halides is 4. The molecule has 2 aliphatic rings. The Balaban J connectivity index is 1.39. The average Bonchev–Trinajstić information content (AvgIpc) is 3.46. The summed E-state index contributed by atoms with van der Waals surface area (Å²) in [5, 5.41) is 4.82. The van der Waals surface area contributed by atoms with Gasteiger partial charge in [0.1, 0.15) is 46.3 Å². The number of amides is 2. The number of carbonyl (C=O) groups is 2. The fourth-order valence-electron chi connectivity index (χ4n) is 8.96. The molecule has 0 bridgehead atoms. The van der Waals surface area contributed by atoms with Crippen molar-refractivity contribution in [3.8, 4) is 23.0 Å². The van der Waals surface area contributed by atoms with Crippen molar-refractivity contribution in [2.75, 3.05) is 74.4 Å². The molecule has 0 radical (unpaired) electrons. The van der Waals surface area contributed by atoms with Crippen molar-refractivity contribution in [1.29, 1.82) is 0 Å². The SMILES string of the molecule is COc1ccc(CN(Cc2ccc(OC)cc2OC)S(=O)(=O)c2cc(N(C(=O)c3cc(F)c(C)nc3N3CCC(F)(F)CC3)N(C(=O)c3cc(F)c(C)nc3N3CCC(F)(F)CC3)c3ccnc(S(N)(=O)=O)c3)ccn2)c(OC)c1. The Labute approximate surface area is 456 Å². The van der Waals surface area contributed by atoms with Crippen LogP contribution >= 0.6 is 0 Å². The first-order valence-corrected chi connectivity index (χ1v) is 27.4. The van der Waals surface area contributed by atoms with Gasteiger partial charge >= 0.3 is 0 Å². The van der Waals surface area contributed by atoms with Crippen LogP contribution in [0, 0.1) is 25.5 Å². The molecule has 2 saturated heterocycles. The number of hydrogen-bond acceptors (Lipinski definition) is 16. The van der Waals surface area contributed by atoms with E-state index >= 15 is 26.8 Å². The summed E-state index contributed by atoms with van der Waals surface area (Å²) in [7, 11) is -4.19. The van der Waals surface area contributed by atoms with Crippen LogP contribution in [0.25, 0.3) is 0 Å². The van der Waals surface area contributed by atoms with E-state index in [0.29, 0.717) is 32.6 Å². The minimum atomic E-state index is -4.98. The molecule has 2 fully saturated rings. The number of methoxy groups -OCH3 is 4. The summed E-state index contributed by atoms with van der Waals surface area (Å²) in [5.74, 6) is -10.8. The number of pyridine rings is 4. The number of piperidine rings is 2. The van der Waals surface area contributed by atoms with E-state index in [2.05, 4.69) is 19.9 Å². The zero-order valence-corrected chi connectivity index (χ0v) is 45.6. The lowest BCUT2D eigenvalue weighted by Crippen LogP contribution is -2.52. The highest BCUT2D eigenvalue weighted by Crippen LogP contribution is 2.39. The lowest BCUT2D eigenvalue weighted by Gasteiger charge is -2.38. The van der Waals surface area contributed by atoms with Crippen LogP contribution in [0.5, 0.6) is 23.0 Å². The molecule has 8 rings (SSSR count). The molecule has 28 heteroatoms. The number of ether oxygens (including phenoxy) is 4.